The van der Waals surface area contributed by atoms with Gasteiger partial charge in [0.1, 0.15) is 12.7 Å². The summed E-state index contributed by atoms with van der Waals surface area (Å²) in [5.41, 5.74) is 0.476. The number of piperidine rings is 1. The summed E-state index contributed by atoms with van der Waals surface area (Å²) in [6.45, 7) is 9.26. The maximum atomic E-state index is 12.2. The normalized spacial score (nSPS) is 22.3. The lowest BCUT2D eigenvalue weighted by molar-refractivity contribution is 0.0164. The van der Waals surface area contributed by atoms with E-state index < -0.39 is 5.60 Å². The molecule has 1 saturated carbocycles. The molecule has 0 bridgehead atoms. The summed E-state index contributed by atoms with van der Waals surface area (Å²) in [6, 6.07) is 0. The Kier molecular flexibility index (Phi) is 5.37. The standard InChI is InChI=1S/C18H30N2O3/c1-17(2,3)23-16(21)20-12-10-18(4,11-13-20)15(19-22-5)9-8-14-6-7-14/h8-9,14H,6-7,10-13H2,1-5H3/b9-8+,19-15+. The highest BCUT2D eigenvalue weighted by Crippen LogP contribution is 2.35. The van der Waals surface area contributed by atoms with Crippen LogP contribution in [0.3, 0.4) is 0 Å². The van der Waals surface area contributed by atoms with Crippen molar-refractivity contribution in [1.82, 2.24) is 4.90 Å². The summed E-state index contributed by atoms with van der Waals surface area (Å²) < 4.78 is 5.46. The second-order valence-corrected chi connectivity index (χ2v) is 7.88. The van der Waals surface area contributed by atoms with Crippen LogP contribution >= 0.6 is 0 Å². The third kappa shape index (κ3) is 5.26. The van der Waals surface area contributed by atoms with E-state index in [1.165, 1.54) is 12.8 Å². The van der Waals surface area contributed by atoms with E-state index in [1.807, 2.05) is 20.8 Å². The van der Waals surface area contributed by atoms with E-state index in [1.54, 1.807) is 12.0 Å². The van der Waals surface area contributed by atoms with Gasteiger partial charge in [-0.3, -0.25) is 0 Å². The molecule has 2 rings (SSSR count). The first-order valence-corrected chi connectivity index (χ1v) is 8.51. The van der Waals surface area contributed by atoms with Crippen molar-refractivity contribution in [2.75, 3.05) is 20.2 Å². The number of allylic oxidation sites excluding steroid dienone is 2. The molecule has 0 aromatic carbocycles. The highest BCUT2D eigenvalue weighted by molar-refractivity contribution is 5.99. The number of ether oxygens (including phenoxy) is 1. The van der Waals surface area contributed by atoms with Crippen molar-refractivity contribution in [2.24, 2.45) is 16.5 Å². The minimum absolute atomic E-state index is 0.0556. The van der Waals surface area contributed by atoms with E-state index in [0.29, 0.717) is 19.0 Å². The third-order valence-electron chi connectivity index (χ3n) is 4.47. The maximum Gasteiger partial charge on any atom is 0.410 e. The fraction of sp³-hybridized carbons (Fsp3) is 0.778. The van der Waals surface area contributed by atoms with Crippen LogP contribution in [0.5, 0.6) is 0 Å². The predicted molar refractivity (Wildman–Crippen MR) is 91.5 cm³/mol. The van der Waals surface area contributed by atoms with Gasteiger partial charge >= 0.3 is 6.09 Å². The Labute approximate surface area is 139 Å². The second-order valence-electron chi connectivity index (χ2n) is 7.88. The third-order valence-corrected chi connectivity index (χ3v) is 4.47. The molecule has 23 heavy (non-hydrogen) atoms. The molecule has 0 unspecified atom stereocenters. The zero-order chi connectivity index (χ0) is 17.1. The van der Waals surface area contributed by atoms with Crippen LogP contribution in [-0.4, -0.2) is 42.5 Å². The van der Waals surface area contributed by atoms with Gasteiger partial charge in [0.05, 0.1) is 5.71 Å². The lowest BCUT2D eigenvalue weighted by Gasteiger charge is -2.39. The van der Waals surface area contributed by atoms with Crippen molar-refractivity contribution in [3.63, 3.8) is 0 Å². The number of carbonyl (C=O) groups is 1. The molecular formula is C18H30N2O3. The van der Waals surface area contributed by atoms with Crippen molar-refractivity contribution < 1.29 is 14.4 Å². The Morgan fingerprint density at radius 1 is 1.26 bits per heavy atom. The van der Waals surface area contributed by atoms with Gasteiger partial charge in [-0.2, -0.15) is 0 Å². The molecular weight excluding hydrogens is 292 g/mol. The zero-order valence-corrected chi connectivity index (χ0v) is 15.1. The molecule has 0 aromatic rings. The SMILES string of the molecule is CO/N=C(\C=C\C1CC1)C1(C)CCN(C(=O)OC(C)(C)C)CC1. The van der Waals surface area contributed by atoms with Crippen molar-refractivity contribution in [3.05, 3.63) is 12.2 Å². The largest absolute Gasteiger partial charge is 0.444 e. The summed E-state index contributed by atoms with van der Waals surface area (Å²) in [4.78, 5) is 19.0. The molecule has 130 valence electrons. The molecule has 0 spiro atoms. The van der Waals surface area contributed by atoms with Crippen molar-refractivity contribution in [1.29, 1.82) is 0 Å². The van der Waals surface area contributed by atoms with Crippen molar-refractivity contribution in [3.8, 4) is 0 Å². The Morgan fingerprint density at radius 2 is 1.87 bits per heavy atom. The Balaban J connectivity index is 1.97. The van der Waals surface area contributed by atoms with Gasteiger partial charge in [0.25, 0.3) is 0 Å². The lowest BCUT2D eigenvalue weighted by atomic mass is 9.76. The Hall–Kier alpha value is -1.52. The van der Waals surface area contributed by atoms with Crippen molar-refractivity contribution in [2.45, 2.75) is 59.0 Å². The fourth-order valence-corrected chi connectivity index (χ4v) is 2.72. The molecule has 1 saturated heterocycles. The minimum atomic E-state index is -0.451. The van der Waals surface area contributed by atoms with Crippen LogP contribution < -0.4 is 0 Å². The van der Waals surface area contributed by atoms with E-state index >= 15 is 0 Å². The predicted octanol–water partition coefficient (Wildman–Crippen LogP) is 3.99. The molecule has 0 N–H and O–H groups in total. The van der Waals surface area contributed by atoms with E-state index in [4.69, 9.17) is 9.57 Å². The first kappa shape index (κ1) is 17.8. The summed E-state index contributed by atoms with van der Waals surface area (Å²) in [5, 5.41) is 4.24. The van der Waals surface area contributed by atoms with E-state index in [0.717, 1.165) is 18.6 Å². The van der Waals surface area contributed by atoms with Gasteiger partial charge in [0, 0.05) is 18.5 Å². The number of hydrogen-bond donors (Lipinski definition) is 0. The number of likely N-dealkylation sites (tertiary alicyclic amines) is 1. The van der Waals surface area contributed by atoms with Gasteiger partial charge in [-0.25, -0.2) is 4.79 Å². The summed E-state index contributed by atoms with van der Waals surface area (Å²) in [5.74, 6) is 0.711. The number of nitrogens with zero attached hydrogens (tertiary/aromatic N) is 2. The molecule has 5 heteroatoms. The quantitative estimate of drug-likeness (QED) is 0.581. The maximum absolute atomic E-state index is 12.2. The number of rotatable bonds is 4. The molecule has 2 fully saturated rings. The second kappa shape index (κ2) is 6.93. The molecule has 2 aliphatic rings. The molecule has 1 amide bonds. The summed E-state index contributed by atoms with van der Waals surface area (Å²) in [7, 11) is 1.59. The highest BCUT2D eigenvalue weighted by atomic mass is 16.6. The first-order chi connectivity index (χ1) is 10.7. The average molecular weight is 322 g/mol. The van der Waals surface area contributed by atoms with E-state index in [2.05, 4.69) is 24.2 Å². The zero-order valence-electron chi connectivity index (χ0n) is 15.1. The number of oxime groups is 1. The monoisotopic (exact) mass is 322 g/mol. The fourth-order valence-electron chi connectivity index (χ4n) is 2.72. The Bertz CT molecular complexity index is 479. The Morgan fingerprint density at radius 3 is 2.35 bits per heavy atom. The van der Waals surface area contributed by atoms with Gasteiger partial charge in [0.2, 0.25) is 0 Å². The van der Waals surface area contributed by atoms with Crippen LogP contribution in [0.1, 0.15) is 53.4 Å². The number of carbonyl (C=O) groups excluding carboxylic acids is 1. The highest BCUT2D eigenvalue weighted by Gasteiger charge is 2.37. The van der Waals surface area contributed by atoms with Gasteiger partial charge < -0.3 is 14.5 Å². The van der Waals surface area contributed by atoms with Crippen LogP contribution in [0.2, 0.25) is 0 Å². The smallest absolute Gasteiger partial charge is 0.410 e. The van der Waals surface area contributed by atoms with Crippen molar-refractivity contribution >= 4 is 11.8 Å². The molecule has 0 aromatic heterocycles. The van der Waals surface area contributed by atoms with Gasteiger partial charge in [0.15, 0.2) is 0 Å². The van der Waals surface area contributed by atoms with Crippen LogP contribution in [0.15, 0.2) is 17.3 Å². The topological polar surface area (TPSA) is 51.1 Å². The van der Waals surface area contributed by atoms with Crippen LogP contribution in [0, 0.1) is 11.3 Å². The minimum Gasteiger partial charge on any atom is -0.444 e. The lowest BCUT2D eigenvalue weighted by Crippen LogP contribution is -2.46. The molecule has 1 aliphatic carbocycles. The van der Waals surface area contributed by atoms with Gasteiger partial charge in [-0.1, -0.05) is 18.2 Å². The molecule has 1 heterocycles. The first-order valence-electron chi connectivity index (χ1n) is 8.51. The number of hydrogen-bond acceptors (Lipinski definition) is 4. The molecule has 0 radical (unpaired) electrons. The van der Waals surface area contributed by atoms with E-state index in [-0.39, 0.29) is 11.5 Å². The summed E-state index contributed by atoms with van der Waals surface area (Å²) >= 11 is 0. The van der Waals surface area contributed by atoms with E-state index in [9.17, 15) is 4.79 Å². The molecule has 0 atom stereocenters. The van der Waals surface area contributed by atoms with Crippen LogP contribution in [0.25, 0.3) is 0 Å². The summed E-state index contributed by atoms with van der Waals surface area (Å²) in [6.07, 6.45) is 8.42. The van der Waals surface area contributed by atoms with Gasteiger partial charge in [-0.15, -0.1) is 0 Å². The average Bonchev–Trinajstić information content (AvgIpc) is 3.26. The molecule has 5 nitrogen and oxygen atoms in total. The number of amides is 1. The van der Waals surface area contributed by atoms with Crippen LogP contribution in [-0.2, 0) is 9.57 Å². The van der Waals surface area contributed by atoms with Gasteiger partial charge in [-0.05, 0) is 58.4 Å². The van der Waals surface area contributed by atoms with Crippen LogP contribution in [0.4, 0.5) is 4.79 Å². The molecule has 1 aliphatic heterocycles.